The van der Waals surface area contributed by atoms with Gasteiger partial charge in [0.05, 0.1) is 0 Å². The Morgan fingerprint density at radius 2 is 2.08 bits per heavy atom. The van der Waals surface area contributed by atoms with Crippen LogP contribution >= 0.6 is 0 Å². The molecule has 0 radical (unpaired) electrons. The maximum absolute atomic E-state index is 12.0. The minimum Gasteiger partial charge on any atom is -0.345 e. The number of pyridine rings is 1. The van der Waals surface area contributed by atoms with E-state index in [9.17, 15) is 4.79 Å². The van der Waals surface area contributed by atoms with Crippen LogP contribution in [0.4, 0.5) is 0 Å². The first-order chi connectivity index (χ1) is 11.6. The number of piperidine rings is 1. The summed E-state index contributed by atoms with van der Waals surface area (Å²) in [6, 6.07) is 9.15. The van der Waals surface area contributed by atoms with Gasteiger partial charge in [0.1, 0.15) is 0 Å². The van der Waals surface area contributed by atoms with E-state index in [2.05, 4.69) is 41.2 Å². The van der Waals surface area contributed by atoms with Crippen molar-refractivity contribution in [2.24, 2.45) is 11.8 Å². The summed E-state index contributed by atoms with van der Waals surface area (Å²) in [6.45, 7) is 1.89. The molecule has 2 fully saturated rings. The lowest BCUT2D eigenvalue weighted by Gasteiger charge is -2.31. The van der Waals surface area contributed by atoms with Crippen LogP contribution in [0.15, 0.2) is 36.7 Å². The fraction of sp³-hybridized carbons (Fsp3) is 0.500. The molecule has 126 valence electrons. The second-order valence-electron chi connectivity index (χ2n) is 7.55. The van der Waals surface area contributed by atoms with Gasteiger partial charge in [-0.15, -0.1) is 0 Å². The fourth-order valence-electron chi connectivity index (χ4n) is 4.57. The number of hydrogen-bond acceptors (Lipinski definition) is 3. The minimum atomic E-state index is 0.320. The highest BCUT2D eigenvalue weighted by Crippen LogP contribution is 2.40. The van der Waals surface area contributed by atoms with E-state index in [1.54, 1.807) is 0 Å². The number of amides is 1. The predicted molar refractivity (Wildman–Crippen MR) is 95.5 cm³/mol. The fourth-order valence-corrected chi connectivity index (χ4v) is 4.57. The molecule has 1 saturated carbocycles. The Hall–Kier alpha value is -1.94. The molecule has 0 unspecified atom stereocenters. The average molecular weight is 323 g/mol. The lowest BCUT2D eigenvalue weighted by molar-refractivity contribution is -0.134. The molecule has 2 heterocycles. The zero-order chi connectivity index (χ0) is 16.7. The van der Waals surface area contributed by atoms with Gasteiger partial charge in [-0.05, 0) is 48.7 Å². The maximum atomic E-state index is 12.0. The zero-order valence-electron chi connectivity index (χ0n) is 14.5. The van der Waals surface area contributed by atoms with Gasteiger partial charge < -0.3 is 4.90 Å². The van der Waals surface area contributed by atoms with Crippen molar-refractivity contribution in [2.45, 2.75) is 31.8 Å². The van der Waals surface area contributed by atoms with Gasteiger partial charge in [-0.25, -0.2) is 0 Å². The zero-order valence-corrected chi connectivity index (χ0v) is 14.5. The molecule has 1 aromatic heterocycles. The van der Waals surface area contributed by atoms with Crippen LogP contribution in [0.2, 0.25) is 0 Å². The lowest BCUT2D eigenvalue weighted by Crippen LogP contribution is -2.39. The number of likely N-dealkylation sites (tertiary alicyclic amines) is 1. The molecule has 4 rings (SSSR count). The van der Waals surface area contributed by atoms with Crippen LogP contribution in [0.1, 0.15) is 24.8 Å². The van der Waals surface area contributed by atoms with Crippen molar-refractivity contribution in [2.75, 3.05) is 20.6 Å². The number of hydrogen-bond donors (Lipinski definition) is 0. The average Bonchev–Trinajstić information content (AvgIpc) is 2.98. The number of aromatic nitrogens is 1. The summed E-state index contributed by atoms with van der Waals surface area (Å²) in [5, 5.41) is 2.50. The Bertz CT molecular complexity index is 754. The quantitative estimate of drug-likeness (QED) is 0.871. The number of benzene rings is 1. The van der Waals surface area contributed by atoms with E-state index in [1.165, 1.54) is 22.8 Å². The van der Waals surface area contributed by atoms with Crippen molar-refractivity contribution in [1.82, 2.24) is 14.8 Å². The summed E-state index contributed by atoms with van der Waals surface area (Å²) in [7, 11) is 4.17. The standard InChI is InChI=1S/C20H25N3O/c1-22(12-15-5-3-4-14-11-21-7-6-19(14)15)18-8-16-10-20(24)23(2)13-17(16)9-18/h3-7,11,16-18H,8-10,12-13H2,1-2H3/t16-,17+,18-/m0/s1. The molecule has 3 atom stereocenters. The SMILES string of the molecule is CN1C[C@H]2C[C@@H](N(C)Cc3cccc4cnccc34)C[C@H]2CC1=O. The molecular formula is C20H25N3O. The van der Waals surface area contributed by atoms with Gasteiger partial charge in [0.2, 0.25) is 5.91 Å². The van der Waals surface area contributed by atoms with Crippen molar-refractivity contribution in [3.8, 4) is 0 Å². The van der Waals surface area contributed by atoms with E-state index in [0.717, 1.165) is 25.9 Å². The molecule has 4 heteroatoms. The number of carbonyl (C=O) groups excluding carboxylic acids is 1. The molecule has 4 nitrogen and oxygen atoms in total. The van der Waals surface area contributed by atoms with Crippen LogP contribution in [0, 0.1) is 11.8 Å². The number of rotatable bonds is 3. The normalized spacial score (nSPS) is 27.0. The maximum Gasteiger partial charge on any atom is 0.222 e. The van der Waals surface area contributed by atoms with Crippen molar-refractivity contribution < 1.29 is 4.79 Å². The Labute approximate surface area is 143 Å². The molecule has 2 aliphatic rings. The first kappa shape index (κ1) is 15.6. The van der Waals surface area contributed by atoms with E-state index in [-0.39, 0.29) is 0 Å². The van der Waals surface area contributed by atoms with Gasteiger partial charge in [-0.2, -0.15) is 0 Å². The van der Waals surface area contributed by atoms with E-state index in [0.29, 0.717) is 23.8 Å². The molecule has 0 N–H and O–H groups in total. The topological polar surface area (TPSA) is 36.4 Å². The predicted octanol–water partition coefficient (Wildman–Crippen LogP) is 2.92. The van der Waals surface area contributed by atoms with Crippen LogP contribution in [0.5, 0.6) is 0 Å². The molecule has 0 spiro atoms. The Balaban J connectivity index is 1.49. The number of carbonyl (C=O) groups is 1. The van der Waals surface area contributed by atoms with Gasteiger partial charge in [-0.3, -0.25) is 14.7 Å². The smallest absolute Gasteiger partial charge is 0.222 e. The third-order valence-electron chi connectivity index (χ3n) is 6.00. The number of fused-ring (bicyclic) bond motifs is 2. The largest absolute Gasteiger partial charge is 0.345 e. The summed E-state index contributed by atoms with van der Waals surface area (Å²) in [5.74, 6) is 1.58. The van der Waals surface area contributed by atoms with Gasteiger partial charge in [0.15, 0.2) is 0 Å². The highest BCUT2D eigenvalue weighted by Gasteiger charge is 2.41. The Morgan fingerprint density at radius 1 is 1.25 bits per heavy atom. The monoisotopic (exact) mass is 323 g/mol. The molecule has 2 aromatic rings. The minimum absolute atomic E-state index is 0.320. The summed E-state index contributed by atoms with van der Waals surface area (Å²) < 4.78 is 0. The number of nitrogens with zero attached hydrogens (tertiary/aromatic N) is 3. The highest BCUT2D eigenvalue weighted by atomic mass is 16.2. The molecule has 24 heavy (non-hydrogen) atoms. The Kier molecular flexibility index (Phi) is 4.01. The van der Waals surface area contributed by atoms with Crippen molar-refractivity contribution in [1.29, 1.82) is 0 Å². The van der Waals surface area contributed by atoms with Crippen LogP contribution in [0.25, 0.3) is 10.8 Å². The van der Waals surface area contributed by atoms with Crippen LogP contribution < -0.4 is 0 Å². The van der Waals surface area contributed by atoms with Gasteiger partial charge in [0, 0.05) is 50.4 Å². The molecule has 1 saturated heterocycles. The first-order valence-corrected chi connectivity index (χ1v) is 8.87. The van der Waals surface area contributed by atoms with Crippen LogP contribution in [-0.2, 0) is 11.3 Å². The third kappa shape index (κ3) is 2.80. The molecule has 1 amide bonds. The summed E-state index contributed by atoms with van der Waals surface area (Å²) >= 11 is 0. The summed E-state index contributed by atoms with van der Waals surface area (Å²) in [4.78, 5) is 20.6. The molecular weight excluding hydrogens is 298 g/mol. The summed E-state index contributed by atoms with van der Waals surface area (Å²) in [5.41, 5.74) is 1.36. The van der Waals surface area contributed by atoms with E-state index in [1.807, 2.05) is 24.3 Å². The van der Waals surface area contributed by atoms with Crippen LogP contribution in [0.3, 0.4) is 0 Å². The van der Waals surface area contributed by atoms with Gasteiger partial charge >= 0.3 is 0 Å². The van der Waals surface area contributed by atoms with Gasteiger partial charge in [0.25, 0.3) is 0 Å². The van der Waals surface area contributed by atoms with E-state index < -0.39 is 0 Å². The molecule has 1 aliphatic heterocycles. The van der Waals surface area contributed by atoms with Crippen molar-refractivity contribution >= 4 is 16.7 Å². The first-order valence-electron chi connectivity index (χ1n) is 8.87. The molecule has 1 aliphatic carbocycles. The molecule has 1 aromatic carbocycles. The summed E-state index contributed by atoms with van der Waals surface area (Å²) in [6.07, 6.45) is 6.92. The van der Waals surface area contributed by atoms with E-state index >= 15 is 0 Å². The second kappa shape index (κ2) is 6.17. The third-order valence-corrected chi connectivity index (χ3v) is 6.00. The van der Waals surface area contributed by atoms with Crippen LogP contribution in [-0.4, -0.2) is 47.4 Å². The Morgan fingerprint density at radius 3 is 2.96 bits per heavy atom. The van der Waals surface area contributed by atoms with Crippen molar-refractivity contribution in [3.63, 3.8) is 0 Å². The van der Waals surface area contributed by atoms with Gasteiger partial charge in [-0.1, -0.05) is 18.2 Å². The lowest BCUT2D eigenvalue weighted by atomic mass is 9.88. The molecule has 0 bridgehead atoms. The van der Waals surface area contributed by atoms with E-state index in [4.69, 9.17) is 0 Å². The van der Waals surface area contributed by atoms with Crippen molar-refractivity contribution in [3.05, 3.63) is 42.2 Å². The highest BCUT2D eigenvalue weighted by molar-refractivity contribution is 5.84. The second-order valence-corrected chi connectivity index (χ2v) is 7.55.